The molecule has 1 aliphatic heterocycles. The summed E-state index contributed by atoms with van der Waals surface area (Å²) in [5.74, 6) is -3.04. The summed E-state index contributed by atoms with van der Waals surface area (Å²) in [5, 5.41) is 35.9. The summed E-state index contributed by atoms with van der Waals surface area (Å²) in [5.41, 5.74) is -0.781. The fraction of sp³-hybridized carbons (Fsp3) is 0.250. The van der Waals surface area contributed by atoms with E-state index in [0.29, 0.717) is 38.5 Å². The first-order chi connectivity index (χ1) is 15.4. The quantitative estimate of drug-likeness (QED) is 0.388. The lowest BCUT2D eigenvalue weighted by atomic mass is 10.1. The normalized spacial score (nSPS) is 14.2. The maximum atomic E-state index is 10.8. The van der Waals surface area contributed by atoms with Crippen molar-refractivity contribution >= 4 is 28.1 Å². The lowest BCUT2D eigenvalue weighted by Gasteiger charge is -2.33. The van der Waals surface area contributed by atoms with Crippen molar-refractivity contribution in [3.05, 3.63) is 59.2 Å². The van der Waals surface area contributed by atoms with E-state index in [-0.39, 0.29) is 0 Å². The predicted octanol–water partition coefficient (Wildman–Crippen LogP) is 1.52. The fourth-order valence-corrected chi connectivity index (χ4v) is 3.83. The van der Waals surface area contributed by atoms with E-state index in [1.165, 1.54) is 4.90 Å². The second-order valence-electron chi connectivity index (χ2n) is 6.94. The molecule has 0 radical (unpaired) electrons. The number of hydrogen-bond donors (Lipinski definition) is 5. The number of piperazine rings is 1. The summed E-state index contributed by atoms with van der Waals surface area (Å²) in [7, 11) is -4.78. The Kier molecular flexibility index (Phi) is 8.34. The van der Waals surface area contributed by atoms with Crippen LogP contribution in [0, 0.1) is 0 Å². The second-order valence-corrected chi connectivity index (χ2v) is 8.33. The monoisotopic (exact) mass is 482 g/mol. The summed E-state index contributed by atoms with van der Waals surface area (Å²) in [4.78, 5) is 34.8. The molecule has 2 aromatic rings. The molecule has 178 valence electrons. The molecule has 2 aromatic carbocycles. The molecule has 1 saturated heterocycles. The molecule has 3 rings (SSSR count). The van der Waals surface area contributed by atoms with E-state index < -0.39 is 44.2 Å². The van der Waals surface area contributed by atoms with Crippen LogP contribution < -0.4 is 0 Å². The molecule has 0 aliphatic carbocycles. The molecular weight excluding hydrogens is 460 g/mol. The fourth-order valence-electron chi connectivity index (χ4n) is 3.13. The van der Waals surface area contributed by atoms with Crippen molar-refractivity contribution in [3.8, 4) is 5.75 Å². The van der Waals surface area contributed by atoms with E-state index in [0.717, 1.165) is 23.8 Å². The highest BCUT2D eigenvalue weighted by atomic mass is 32.2. The number of phenols is 1. The number of rotatable bonds is 5. The number of hydrogen-bond acceptors (Lipinski definition) is 7. The molecule has 0 saturated carbocycles. The molecule has 12 nitrogen and oxygen atoms in total. The maximum absolute atomic E-state index is 10.8. The number of amides is 1. The molecule has 1 fully saturated rings. The lowest BCUT2D eigenvalue weighted by molar-refractivity contribution is 0.0648. The molecule has 0 aromatic heterocycles. The third kappa shape index (κ3) is 6.90. The first kappa shape index (κ1) is 25.6. The van der Waals surface area contributed by atoms with Gasteiger partial charge in [-0.25, -0.2) is 14.4 Å². The lowest BCUT2D eigenvalue weighted by Crippen LogP contribution is -2.47. The van der Waals surface area contributed by atoms with Crippen LogP contribution in [0.5, 0.6) is 5.75 Å². The topological polar surface area (TPSA) is 193 Å². The Bertz CT molecular complexity index is 1140. The van der Waals surface area contributed by atoms with Gasteiger partial charge in [0, 0.05) is 38.3 Å². The number of benzene rings is 2. The Balaban J connectivity index is 0.000000234. The van der Waals surface area contributed by atoms with Crippen molar-refractivity contribution < 1.29 is 47.8 Å². The summed E-state index contributed by atoms with van der Waals surface area (Å²) in [6.07, 6.45) is -0.854. The highest BCUT2D eigenvalue weighted by Crippen LogP contribution is 2.20. The zero-order valence-electron chi connectivity index (χ0n) is 17.2. The third-order valence-electron chi connectivity index (χ3n) is 4.78. The number of aromatic hydroxyl groups is 1. The zero-order valence-corrected chi connectivity index (χ0v) is 18.0. The minimum Gasteiger partial charge on any atom is -0.508 e. The van der Waals surface area contributed by atoms with Crippen molar-refractivity contribution in [2.75, 3.05) is 26.2 Å². The van der Waals surface area contributed by atoms with Gasteiger partial charge in [-0.2, -0.15) is 8.42 Å². The van der Waals surface area contributed by atoms with Gasteiger partial charge in [0.25, 0.3) is 10.1 Å². The minimum atomic E-state index is -4.78. The molecule has 0 unspecified atom stereocenters. The van der Waals surface area contributed by atoms with Crippen LogP contribution in [0.15, 0.2) is 47.4 Å². The van der Waals surface area contributed by atoms with Gasteiger partial charge in [0.1, 0.15) is 10.6 Å². The van der Waals surface area contributed by atoms with Crippen molar-refractivity contribution in [1.29, 1.82) is 0 Å². The van der Waals surface area contributed by atoms with Crippen molar-refractivity contribution in [3.63, 3.8) is 0 Å². The largest absolute Gasteiger partial charge is 0.508 e. The Hall–Kier alpha value is -3.68. The van der Waals surface area contributed by atoms with Gasteiger partial charge < -0.3 is 25.3 Å². The minimum absolute atomic E-state index is 0.299. The Morgan fingerprint density at radius 3 is 1.94 bits per heavy atom. The van der Waals surface area contributed by atoms with Crippen LogP contribution in [-0.4, -0.2) is 87.4 Å². The number of nitrogens with zero attached hydrogens (tertiary/aromatic N) is 2. The van der Waals surface area contributed by atoms with E-state index in [9.17, 15) is 27.9 Å². The maximum Gasteiger partial charge on any atom is 0.407 e. The van der Waals surface area contributed by atoms with Gasteiger partial charge in [0.05, 0.1) is 11.1 Å². The number of aromatic carboxylic acids is 2. The second kappa shape index (κ2) is 10.8. The Morgan fingerprint density at radius 2 is 1.45 bits per heavy atom. The first-order valence-corrected chi connectivity index (χ1v) is 10.9. The highest BCUT2D eigenvalue weighted by Gasteiger charge is 2.26. The standard InChI is InChI=1S/C12H16N2O3.C8H6O7S/c15-11-4-2-1-3-10(11)9-13-5-7-14(8-6-13)12(16)17;9-7(10)4-2-1-3-5(16(13,14)15)6(4)8(11)12/h1-4,15H,5-9H2,(H,16,17);1-3H,(H,9,10)(H,11,12)(H,13,14,15). The van der Waals surface area contributed by atoms with Crippen LogP contribution in [0.2, 0.25) is 0 Å². The van der Waals surface area contributed by atoms with Crippen molar-refractivity contribution in [2.24, 2.45) is 0 Å². The van der Waals surface area contributed by atoms with E-state index in [1.807, 2.05) is 12.1 Å². The summed E-state index contributed by atoms with van der Waals surface area (Å²) in [6.45, 7) is 3.15. The zero-order chi connectivity index (χ0) is 24.8. The van der Waals surface area contributed by atoms with Gasteiger partial charge in [0.2, 0.25) is 0 Å². The van der Waals surface area contributed by atoms with Crippen molar-refractivity contribution in [2.45, 2.75) is 11.4 Å². The molecule has 0 spiro atoms. The molecule has 5 N–H and O–H groups in total. The number of carbonyl (C=O) groups is 3. The number of para-hydroxylation sites is 1. The third-order valence-corrected chi connectivity index (χ3v) is 5.67. The van der Waals surface area contributed by atoms with Gasteiger partial charge in [0.15, 0.2) is 0 Å². The highest BCUT2D eigenvalue weighted by molar-refractivity contribution is 7.86. The summed E-state index contributed by atoms with van der Waals surface area (Å²) in [6, 6.07) is 10.0. The SMILES string of the molecule is O=C(O)N1CCN(Cc2ccccc2O)CC1.O=C(O)c1cccc(S(=O)(=O)O)c1C(=O)O. The molecule has 0 atom stereocenters. The van der Waals surface area contributed by atoms with Gasteiger partial charge in [-0.15, -0.1) is 0 Å². The molecular formula is C20H22N2O10S. The number of carboxylic acid groups (broad SMARTS) is 3. The Morgan fingerprint density at radius 1 is 0.848 bits per heavy atom. The molecule has 0 bridgehead atoms. The van der Waals surface area contributed by atoms with E-state index in [1.54, 1.807) is 12.1 Å². The molecule has 1 heterocycles. The van der Waals surface area contributed by atoms with Gasteiger partial charge in [-0.3, -0.25) is 9.45 Å². The van der Waals surface area contributed by atoms with Crippen molar-refractivity contribution in [1.82, 2.24) is 9.80 Å². The number of carboxylic acids is 2. The molecule has 13 heteroatoms. The summed E-state index contributed by atoms with van der Waals surface area (Å²) < 4.78 is 30.4. The van der Waals surface area contributed by atoms with Crippen LogP contribution >= 0.6 is 0 Å². The average molecular weight is 482 g/mol. The van der Waals surface area contributed by atoms with Gasteiger partial charge >= 0.3 is 18.0 Å². The van der Waals surface area contributed by atoms with E-state index in [2.05, 4.69) is 4.90 Å². The Labute approximate surface area is 188 Å². The van der Waals surface area contributed by atoms with E-state index in [4.69, 9.17) is 19.9 Å². The first-order valence-electron chi connectivity index (χ1n) is 9.46. The smallest absolute Gasteiger partial charge is 0.407 e. The van der Waals surface area contributed by atoms with Gasteiger partial charge in [-0.05, 0) is 18.2 Å². The van der Waals surface area contributed by atoms with Crippen LogP contribution in [0.3, 0.4) is 0 Å². The molecule has 1 aliphatic rings. The molecule has 1 amide bonds. The summed E-state index contributed by atoms with van der Waals surface area (Å²) >= 11 is 0. The van der Waals surface area contributed by atoms with Gasteiger partial charge in [-0.1, -0.05) is 24.3 Å². The van der Waals surface area contributed by atoms with Crippen LogP contribution in [0.25, 0.3) is 0 Å². The average Bonchev–Trinajstić information content (AvgIpc) is 2.75. The number of phenolic OH excluding ortho intramolecular Hbond substituents is 1. The molecule has 33 heavy (non-hydrogen) atoms. The predicted molar refractivity (Wildman–Crippen MR) is 113 cm³/mol. The van der Waals surface area contributed by atoms with Crippen LogP contribution in [0.4, 0.5) is 4.79 Å². The van der Waals surface area contributed by atoms with Crippen LogP contribution in [0.1, 0.15) is 26.3 Å². The van der Waals surface area contributed by atoms with Crippen LogP contribution in [-0.2, 0) is 16.7 Å². The van der Waals surface area contributed by atoms with E-state index >= 15 is 0 Å².